The summed E-state index contributed by atoms with van der Waals surface area (Å²) in [7, 11) is 1.57. The summed E-state index contributed by atoms with van der Waals surface area (Å²) in [5, 5.41) is 0. The standard InChI is InChI=1S/C11H8BrFN2O2/c1-16-8-2-3-10(9(12)4-8)17-11-14-5-7(13)6-15-11/h2-6H,1H3. The van der Waals surface area contributed by atoms with Gasteiger partial charge in [0.25, 0.3) is 0 Å². The van der Waals surface area contributed by atoms with Crippen LogP contribution in [0.15, 0.2) is 35.1 Å². The first-order chi connectivity index (χ1) is 8.19. The fourth-order valence-corrected chi connectivity index (χ4v) is 1.58. The van der Waals surface area contributed by atoms with E-state index in [0.717, 1.165) is 12.4 Å². The molecule has 17 heavy (non-hydrogen) atoms. The lowest BCUT2D eigenvalue weighted by atomic mass is 10.3. The van der Waals surface area contributed by atoms with Gasteiger partial charge in [-0.25, -0.2) is 14.4 Å². The molecule has 0 saturated carbocycles. The van der Waals surface area contributed by atoms with Crippen LogP contribution in [0.5, 0.6) is 17.5 Å². The van der Waals surface area contributed by atoms with E-state index >= 15 is 0 Å². The predicted molar refractivity (Wildman–Crippen MR) is 62.8 cm³/mol. The van der Waals surface area contributed by atoms with Crippen molar-refractivity contribution in [3.63, 3.8) is 0 Å². The summed E-state index contributed by atoms with van der Waals surface area (Å²) in [6, 6.07) is 5.27. The number of hydrogen-bond donors (Lipinski definition) is 0. The van der Waals surface area contributed by atoms with E-state index in [0.29, 0.717) is 16.0 Å². The molecule has 1 aromatic heterocycles. The Hall–Kier alpha value is -1.69. The molecule has 0 radical (unpaired) electrons. The van der Waals surface area contributed by atoms with Crippen LogP contribution in [0.4, 0.5) is 4.39 Å². The molecule has 1 heterocycles. The molecule has 0 spiro atoms. The van der Waals surface area contributed by atoms with Crippen molar-refractivity contribution in [2.75, 3.05) is 7.11 Å². The maximum absolute atomic E-state index is 12.6. The molecule has 0 unspecified atom stereocenters. The fourth-order valence-electron chi connectivity index (χ4n) is 1.14. The molecule has 4 nitrogen and oxygen atoms in total. The van der Waals surface area contributed by atoms with Gasteiger partial charge in [0.05, 0.1) is 24.0 Å². The summed E-state index contributed by atoms with van der Waals surface area (Å²) >= 11 is 3.33. The molecule has 0 bridgehead atoms. The number of hydrogen-bond acceptors (Lipinski definition) is 4. The Morgan fingerprint density at radius 3 is 2.53 bits per heavy atom. The van der Waals surface area contributed by atoms with Gasteiger partial charge in [-0.2, -0.15) is 0 Å². The number of benzene rings is 1. The van der Waals surface area contributed by atoms with Gasteiger partial charge in [0, 0.05) is 0 Å². The first-order valence-corrected chi connectivity index (χ1v) is 5.47. The first-order valence-electron chi connectivity index (χ1n) is 4.68. The van der Waals surface area contributed by atoms with Crippen LogP contribution in [0.3, 0.4) is 0 Å². The topological polar surface area (TPSA) is 44.2 Å². The van der Waals surface area contributed by atoms with Crippen LogP contribution in [-0.2, 0) is 0 Å². The highest BCUT2D eigenvalue weighted by atomic mass is 79.9. The molecule has 1 aromatic carbocycles. The lowest BCUT2D eigenvalue weighted by molar-refractivity contribution is 0.409. The fraction of sp³-hybridized carbons (Fsp3) is 0.0909. The van der Waals surface area contributed by atoms with E-state index in [9.17, 15) is 4.39 Å². The Balaban J connectivity index is 2.21. The highest BCUT2D eigenvalue weighted by molar-refractivity contribution is 9.10. The quantitative estimate of drug-likeness (QED) is 0.873. The summed E-state index contributed by atoms with van der Waals surface area (Å²) < 4.78 is 23.7. The zero-order chi connectivity index (χ0) is 12.3. The molecular weight excluding hydrogens is 291 g/mol. The van der Waals surface area contributed by atoms with E-state index < -0.39 is 5.82 Å². The van der Waals surface area contributed by atoms with Gasteiger partial charge in [0.2, 0.25) is 0 Å². The van der Waals surface area contributed by atoms with Crippen LogP contribution in [0.1, 0.15) is 0 Å². The highest BCUT2D eigenvalue weighted by Crippen LogP contribution is 2.31. The van der Waals surface area contributed by atoms with Crippen molar-refractivity contribution < 1.29 is 13.9 Å². The normalized spacial score (nSPS) is 10.1. The minimum atomic E-state index is -0.508. The Morgan fingerprint density at radius 1 is 1.24 bits per heavy atom. The second-order valence-electron chi connectivity index (χ2n) is 3.08. The molecule has 0 N–H and O–H groups in total. The minimum absolute atomic E-state index is 0.0808. The Labute approximate surface area is 106 Å². The monoisotopic (exact) mass is 298 g/mol. The number of nitrogens with zero attached hydrogens (tertiary/aromatic N) is 2. The molecule has 0 saturated heterocycles. The van der Waals surface area contributed by atoms with E-state index in [4.69, 9.17) is 9.47 Å². The van der Waals surface area contributed by atoms with Crippen molar-refractivity contribution in [3.8, 4) is 17.5 Å². The number of aromatic nitrogens is 2. The zero-order valence-electron chi connectivity index (χ0n) is 8.85. The molecular formula is C11H8BrFN2O2. The van der Waals surface area contributed by atoms with E-state index in [1.54, 1.807) is 25.3 Å². The molecule has 0 aliphatic carbocycles. The predicted octanol–water partition coefficient (Wildman–Crippen LogP) is 3.18. The molecule has 0 amide bonds. The summed E-state index contributed by atoms with van der Waals surface area (Å²) in [5.74, 6) is 0.716. The Bertz CT molecular complexity index is 519. The van der Waals surface area contributed by atoms with Gasteiger partial charge in [0.1, 0.15) is 11.5 Å². The molecule has 6 heteroatoms. The van der Waals surface area contributed by atoms with Gasteiger partial charge >= 0.3 is 6.01 Å². The lowest BCUT2D eigenvalue weighted by Crippen LogP contribution is -1.93. The van der Waals surface area contributed by atoms with Crippen LogP contribution >= 0.6 is 15.9 Å². The van der Waals surface area contributed by atoms with E-state index in [1.165, 1.54) is 0 Å². The highest BCUT2D eigenvalue weighted by Gasteiger charge is 2.06. The second kappa shape index (κ2) is 5.09. The van der Waals surface area contributed by atoms with Crippen LogP contribution < -0.4 is 9.47 Å². The zero-order valence-corrected chi connectivity index (χ0v) is 10.4. The maximum Gasteiger partial charge on any atom is 0.322 e. The molecule has 0 fully saturated rings. The number of halogens is 2. The molecule has 88 valence electrons. The Kier molecular flexibility index (Phi) is 3.53. The van der Waals surface area contributed by atoms with Crippen LogP contribution in [-0.4, -0.2) is 17.1 Å². The molecule has 0 aliphatic rings. The maximum atomic E-state index is 12.6. The number of ether oxygens (including phenoxy) is 2. The second-order valence-corrected chi connectivity index (χ2v) is 3.94. The lowest BCUT2D eigenvalue weighted by Gasteiger charge is -2.07. The van der Waals surface area contributed by atoms with Crippen molar-refractivity contribution >= 4 is 15.9 Å². The minimum Gasteiger partial charge on any atom is -0.497 e. The van der Waals surface area contributed by atoms with Gasteiger partial charge in [-0.15, -0.1) is 0 Å². The largest absolute Gasteiger partial charge is 0.497 e. The van der Waals surface area contributed by atoms with Crippen molar-refractivity contribution in [1.82, 2.24) is 9.97 Å². The molecule has 2 aromatic rings. The van der Waals surface area contributed by atoms with E-state index in [2.05, 4.69) is 25.9 Å². The van der Waals surface area contributed by atoms with Crippen molar-refractivity contribution in [3.05, 3.63) is 40.9 Å². The third-order valence-electron chi connectivity index (χ3n) is 1.94. The number of rotatable bonds is 3. The average Bonchev–Trinajstić information content (AvgIpc) is 2.34. The first kappa shape index (κ1) is 11.8. The van der Waals surface area contributed by atoms with Gasteiger partial charge in [-0.1, -0.05) is 0 Å². The van der Waals surface area contributed by atoms with E-state index in [-0.39, 0.29) is 6.01 Å². The van der Waals surface area contributed by atoms with Gasteiger partial charge < -0.3 is 9.47 Å². The van der Waals surface area contributed by atoms with Crippen molar-refractivity contribution in [1.29, 1.82) is 0 Å². The molecule has 0 atom stereocenters. The van der Waals surface area contributed by atoms with Gasteiger partial charge in [-0.3, -0.25) is 0 Å². The summed E-state index contributed by atoms with van der Waals surface area (Å²) in [6.45, 7) is 0. The van der Waals surface area contributed by atoms with E-state index in [1.807, 2.05) is 0 Å². The summed E-state index contributed by atoms with van der Waals surface area (Å²) in [6.07, 6.45) is 2.08. The summed E-state index contributed by atoms with van der Waals surface area (Å²) in [4.78, 5) is 7.39. The third kappa shape index (κ3) is 2.91. The van der Waals surface area contributed by atoms with Crippen LogP contribution in [0, 0.1) is 5.82 Å². The van der Waals surface area contributed by atoms with Gasteiger partial charge in [0.15, 0.2) is 5.82 Å². The molecule has 2 rings (SSSR count). The SMILES string of the molecule is COc1ccc(Oc2ncc(F)cn2)c(Br)c1. The third-order valence-corrected chi connectivity index (χ3v) is 2.56. The van der Waals surface area contributed by atoms with Crippen LogP contribution in [0.25, 0.3) is 0 Å². The molecule has 0 aliphatic heterocycles. The average molecular weight is 299 g/mol. The smallest absolute Gasteiger partial charge is 0.322 e. The summed E-state index contributed by atoms with van der Waals surface area (Å²) in [5.41, 5.74) is 0. The van der Waals surface area contributed by atoms with Crippen molar-refractivity contribution in [2.45, 2.75) is 0 Å². The van der Waals surface area contributed by atoms with Crippen molar-refractivity contribution in [2.24, 2.45) is 0 Å². The van der Waals surface area contributed by atoms with Crippen LogP contribution in [0.2, 0.25) is 0 Å². The number of methoxy groups -OCH3 is 1. The van der Waals surface area contributed by atoms with Gasteiger partial charge in [-0.05, 0) is 34.1 Å². The Morgan fingerprint density at radius 2 is 1.94 bits per heavy atom.